The van der Waals surface area contributed by atoms with Gasteiger partial charge in [0, 0.05) is 13.5 Å². The second-order valence-corrected chi connectivity index (χ2v) is 4.82. The molecule has 0 unspecified atom stereocenters. The number of cyclic esters (lactones) is 1. The molecule has 2 aliphatic rings. The third-order valence-electron chi connectivity index (χ3n) is 3.82. The van der Waals surface area contributed by atoms with E-state index in [0.29, 0.717) is 0 Å². The third-order valence-corrected chi connectivity index (χ3v) is 3.82. The molecule has 0 amide bonds. The van der Waals surface area contributed by atoms with Crippen LogP contribution < -0.4 is 0 Å². The molecule has 0 aromatic carbocycles. The minimum absolute atomic E-state index is 0.0368. The molecule has 7 nitrogen and oxygen atoms in total. The van der Waals surface area contributed by atoms with Crippen molar-refractivity contribution in [1.82, 2.24) is 0 Å². The zero-order valence-corrected chi connectivity index (χ0v) is 11.1. The lowest BCUT2D eigenvalue weighted by Crippen LogP contribution is -2.57. The third kappa shape index (κ3) is 2.45. The zero-order valence-electron chi connectivity index (χ0n) is 11.1. The summed E-state index contributed by atoms with van der Waals surface area (Å²) in [5.41, 5.74) is 0. The summed E-state index contributed by atoms with van der Waals surface area (Å²) >= 11 is 0. The van der Waals surface area contributed by atoms with Gasteiger partial charge in [0.25, 0.3) is 0 Å². The smallest absolute Gasteiger partial charge is 0.314 e. The number of carbonyl (C=O) groups excluding carboxylic acids is 2. The van der Waals surface area contributed by atoms with Crippen LogP contribution in [-0.4, -0.2) is 49.9 Å². The molecule has 2 heterocycles. The molecule has 0 aliphatic carbocycles. The molecular weight excluding hydrogens is 256 g/mol. The van der Waals surface area contributed by atoms with E-state index in [0.717, 1.165) is 0 Å². The van der Waals surface area contributed by atoms with Crippen molar-refractivity contribution < 1.29 is 33.6 Å². The van der Waals surface area contributed by atoms with Crippen molar-refractivity contribution in [3.05, 3.63) is 0 Å². The lowest BCUT2D eigenvalue weighted by Gasteiger charge is -2.47. The molecule has 108 valence electrons. The fraction of sp³-hybridized carbons (Fsp3) is 0.833. The monoisotopic (exact) mass is 274 g/mol. The second-order valence-electron chi connectivity index (χ2n) is 4.82. The summed E-state index contributed by atoms with van der Waals surface area (Å²) in [6, 6.07) is 0. The van der Waals surface area contributed by atoms with Gasteiger partial charge in [-0.05, 0) is 12.8 Å². The maximum atomic E-state index is 11.9. The molecular formula is C12H18O7. The average Bonchev–Trinajstić information content (AvgIpc) is 2.36. The Morgan fingerprint density at radius 1 is 1.42 bits per heavy atom. The summed E-state index contributed by atoms with van der Waals surface area (Å²) in [5.74, 6) is -2.55. The Kier molecular flexibility index (Phi) is 4.07. The Labute approximate surface area is 110 Å². The van der Waals surface area contributed by atoms with Crippen LogP contribution in [0.2, 0.25) is 0 Å². The molecule has 2 rings (SSSR count). The molecule has 2 saturated heterocycles. The molecule has 0 aromatic rings. The van der Waals surface area contributed by atoms with Crippen molar-refractivity contribution in [1.29, 1.82) is 0 Å². The van der Waals surface area contributed by atoms with Gasteiger partial charge in [-0.15, -0.1) is 0 Å². The first-order chi connectivity index (χ1) is 8.99. The summed E-state index contributed by atoms with van der Waals surface area (Å²) in [4.78, 5) is 23.4. The van der Waals surface area contributed by atoms with E-state index in [4.69, 9.17) is 18.9 Å². The maximum Gasteiger partial charge on any atom is 0.314 e. The topological polar surface area (TPSA) is 91.3 Å². The molecule has 6 atom stereocenters. The minimum Gasteiger partial charge on any atom is -0.469 e. The summed E-state index contributed by atoms with van der Waals surface area (Å²) in [6.45, 7) is 1.67. The van der Waals surface area contributed by atoms with Gasteiger partial charge in [0.2, 0.25) is 0 Å². The van der Waals surface area contributed by atoms with Crippen LogP contribution in [0, 0.1) is 17.8 Å². The van der Waals surface area contributed by atoms with Gasteiger partial charge in [0.05, 0.1) is 13.0 Å². The highest BCUT2D eigenvalue weighted by atomic mass is 16.7. The molecule has 2 fully saturated rings. The Hall–Kier alpha value is -1.18. The predicted molar refractivity (Wildman–Crippen MR) is 60.5 cm³/mol. The van der Waals surface area contributed by atoms with Crippen LogP contribution in [0.15, 0.2) is 0 Å². The molecule has 0 saturated carbocycles. The highest BCUT2D eigenvalue weighted by Crippen LogP contribution is 2.43. The van der Waals surface area contributed by atoms with Crippen LogP contribution in [0.3, 0.4) is 0 Å². The van der Waals surface area contributed by atoms with Gasteiger partial charge in [-0.2, -0.15) is 0 Å². The van der Waals surface area contributed by atoms with Crippen LogP contribution in [-0.2, 0) is 28.5 Å². The first-order valence-corrected chi connectivity index (χ1v) is 6.13. The van der Waals surface area contributed by atoms with Crippen molar-refractivity contribution in [3.63, 3.8) is 0 Å². The van der Waals surface area contributed by atoms with E-state index in [-0.39, 0.29) is 6.42 Å². The molecule has 19 heavy (non-hydrogen) atoms. The standard InChI is InChI=1S/C12H18O7/c1-5-8-6(4-7(13)18-5)9(10(14)16-2)12(17-3)19-11(8)15/h5-6,8-9,11-12,15H,4H2,1-3H3/t5-,6-,8-,9-,11+,12+/m0/s1. The zero-order chi connectivity index (χ0) is 14.2. The lowest BCUT2D eigenvalue weighted by molar-refractivity contribution is -0.315. The highest BCUT2D eigenvalue weighted by molar-refractivity contribution is 5.76. The maximum absolute atomic E-state index is 11.9. The molecule has 0 spiro atoms. The SMILES string of the molecule is COC(=O)[C@H]1[C@H](OC)O[C@@H](O)[C@@H]2[C@@H]1CC(=O)O[C@H]2C. The quantitative estimate of drug-likeness (QED) is 0.689. The summed E-state index contributed by atoms with van der Waals surface area (Å²) in [5, 5.41) is 9.99. The number of aliphatic hydroxyl groups excluding tert-OH is 1. The second kappa shape index (κ2) is 5.44. The lowest BCUT2D eigenvalue weighted by atomic mass is 9.72. The number of rotatable bonds is 2. The fourth-order valence-corrected chi connectivity index (χ4v) is 2.96. The van der Waals surface area contributed by atoms with E-state index >= 15 is 0 Å². The average molecular weight is 274 g/mol. The van der Waals surface area contributed by atoms with Crippen molar-refractivity contribution >= 4 is 11.9 Å². The number of ether oxygens (including phenoxy) is 4. The Morgan fingerprint density at radius 2 is 2.11 bits per heavy atom. The van der Waals surface area contributed by atoms with E-state index in [1.165, 1.54) is 14.2 Å². The Morgan fingerprint density at radius 3 is 2.68 bits per heavy atom. The van der Waals surface area contributed by atoms with E-state index < -0.39 is 48.4 Å². The van der Waals surface area contributed by atoms with Gasteiger partial charge in [-0.25, -0.2) is 0 Å². The fourth-order valence-electron chi connectivity index (χ4n) is 2.96. The van der Waals surface area contributed by atoms with E-state index in [9.17, 15) is 14.7 Å². The van der Waals surface area contributed by atoms with Gasteiger partial charge in [0.15, 0.2) is 12.6 Å². The van der Waals surface area contributed by atoms with Crippen molar-refractivity contribution in [2.24, 2.45) is 17.8 Å². The predicted octanol–water partition coefficient (Wildman–Crippen LogP) is -0.336. The Balaban J connectivity index is 2.32. The van der Waals surface area contributed by atoms with E-state index in [2.05, 4.69) is 0 Å². The van der Waals surface area contributed by atoms with Crippen LogP contribution in [0.5, 0.6) is 0 Å². The molecule has 0 radical (unpaired) electrons. The first-order valence-electron chi connectivity index (χ1n) is 6.13. The summed E-state index contributed by atoms with van der Waals surface area (Å²) in [7, 11) is 2.64. The molecule has 7 heteroatoms. The molecule has 2 aliphatic heterocycles. The number of methoxy groups -OCH3 is 2. The number of carbonyl (C=O) groups is 2. The van der Waals surface area contributed by atoms with Crippen LogP contribution >= 0.6 is 0 Å². The van der Waals surface area contributed by atoms with Crippen LogP contribution in [0.25, 0.3) is 0 Å². The number of aliphatic hydroxyl groups is 1. The normalized spacial score (nSPS) is 42.2. The summed E-state index contributed by atoms with van der Waals surface area (Å²) in [6.07, 6.45) is -2.55. The van der Waals surface area contributed by atoms with Crippen molar-refractivity contribution in [2.45, 2.75) is 32.0 Å². The van der Waals surface area contributed by atoms with Gasteiger partial charge < -0.3 is 24.1 Å². The first kappa shape index (κ1) is 14.2. The van der Waals surface area contributed by atoms with E-state index in [1.807, 2.05) is 0 Å². The van der Waals surface area contributed by atoms with Gasteiger partial charge in [-0.1, -0.05) is 0 Å². The van der Waals surface area contributed by atoms with Gasteiger partial charge in [0.1, 0.15) is 12.0 Å². The van der Waals surface area contributed by atoms with Crippen molar-refractivity contribution in [3.8, 4) is 0 Å². The van der Waals surface area contributed by atoms with Gasteiger partial charge >= 0.3 is 11.9 Å². The number of fused-ring (bicyclic) bond motifs is 1. The molecule has 0 aromatic heterocycles. The minimum atomic E-state index is -1.14. The Bertz CT molecular complexity index is 369. The molecule has 0 bridgehead atoms. The van der Waals surface area contributed by atoms with Crippen molar-refractivity contribution in [2.75, 3.05) is 14.2 Å². The number of hydrogen-bond acceptors (Lipinski definition) is 7. The van der Waals surface area contributed by atoms with Crippen LogP contribution in [0.1, 0.15) is 13.3 Å². The van der Waals surface area contributed by atoms with Crippen LogP contribution in [0.4, 0.5) is 0 Å². The summed E-state index contributed by atoms with van der Waals surface area (Å²) < 4.78 is 20.2. The largest absolute Gasteiger partial charge is 0.469 e. The van der Waals surface area contributed by atoms with Gasteiger partial charge in [-0.3, -0.25) is 9.59 Å². The number of esters is 2. The highest BCUT2D eigenvalue weighted by Gasteiger charge is 2.54. The van der Waals surface area contributed by atoms with E-state index in [1.54, 1.807) is 6.92 Å². The molecule has 1 N–H and O–H groups in total. The number of hydrogen-bond donors (Lipinski definition) is 1.